The van der Waals surface area contributed by atoms with Crippen molar-refractivity contribution in [2.75, 3.05) is 26.6 Å². The number of anilines is 1. The summed E-state index contributed by atoms with van der Waals surface area (Å²) >= 11 is 0. The molecule has 3 rings (SSSR count). The van der Waals surface area contributed by atoms with Gasteiger partial charge in [-0.3, -0.25) is 14.1 Å². The molecule has 44 heavy (non-hydrogen) atoms. The molecule has 2 aromatic heterocycles. The number of benzene rings is 1. The van der Waals surface area contributed by atoms with Crippen LogP contribution in [0.1, 0.15) is 38.4 Å². The van der Waals surface area contributed by atoms with E-state index < -0.39 is 44.0 Å². The van der Waals surface area contributed by atoms with Gasteiger partial charge in [0.15, 0.2) is 11.4 Å². The van der Waals surface area contributed by atoms with Crippen molar-refractivity contribution in [3.8, 4) is 11.8 Å². The molecule has 1 unspecified atom stereocenters. The number of esters is 2. The summed E-state index contributed by atoms with van der Waals surface area (Å²) in [6.45, 7) is 4.40. The summed E-state index contributed by atoms with van der Waals surface area (Å²) in [4.78, 5) is 28.2. The predicted molar refractivity (Wildman–Crippen MR) is 159 cm³/mol. The SMILES string of the molecule is COC(=O)[C@H](C)NP(=O)(OC[C@](C#N)(CCc1ccc2c(N)ncnn12)OC)Oc1ccc(C[C@H](N)C(=O)OC(C)C)cc1. The van der Waals surface area contributed by atoms with E-state index in [0.717, 1.165) is 5.69 Å². The number of carbonyl (C=O) groups excluding carboxylic acids is 2. The number of rotatable bonds is 16. The van der Waals surface area contributed by atoms with Crippen LogP contribution in [0.5, 0.6) is 5.75 Å². The lowest BCUT2D eigenvalue weighted by atomic mass is 9.99. The van der Waals surface area contributed by atoms with Crippen molar-refractivity contribution in [1.82, 2.24) is 19.7 Å². The maximum absolute atomic E-state index is 13.9. The van der Waals surface area contributed by atoms with Crippen LogP contribution in [0, 0.1) is 11.3 Å². The molecule has 3 aromatic rings. The molecule has 0 spiro atoms. The normalized spacial score (nSPS) is 15.5. The van der Waals surface area contributed by atoms with Gasteiger partial charge in [0.1, 0.15) is 42.4 Å². The number of methoxy groups -OCH3 is 2. The molecule has 0 aliphatic carbocycles. The molecular formula is C28H38N7O8P. The van der Waals surface area contributed by atoms with Crippen LogP contribution in [0.4, 0.5) is 5.82 Å². The number of hydrogen-bond acceptors (Lipinski definition) is 13. The zero-order chi connectivity index (χ0) is 32.5. The van der Waals surface area contributed by atoms with E-state index in [2.05, 4.69) is 21.2 Å². The Hall–Kier alpha value is -4.06. The molecule has 0 fully saturated rings. The summed E-state index contributed by atoms with van der Waals surface area (Å²) in [6.07, 6.45) is 1.68. The molecule has 0 saturated carbocycles. The van der Waals surface area contributed by atoms with Crippen LogP contribution in [0.2, 0.25) is 0 Å². The van der Waals surface area contributed by atoms with Crippen molar-refractivity contribution in [3.05, 3.63) is 54.0 Å². The summed E-state index contributed by atoms with van der Waals surface area (Å²) in [5.74, 6) is -0.811. The van der Waals surface area contributed by atoms with Crippen LogP contribution in [0.3, 0.4) is 0 Å². The van der Waals surface area contributed by atoms with Gasteiger partial charge in [-0.2, -0.15) is 15.4 Å². The fourth-order valence-corrected chi connectivity index (χ4v) is 5.66. The van der Waals surface area contributed by atoms with E-state index in [1.165, 1.54) is 39.6 Å². The first-order valence-electron chi connectivity index (χ1n) is 13.7. The topological polar surface area (TPSA) is 215 Å². The van der Waals surface area contributed by atoms with Gasteiger partial charge in [0.25, 0.3) is 0 Å². The first-order chi connectivity index (χ1) is 20.8. The molecule has 0 saturated heterocycles. The second-order valence-electron chi connectivity index (χ2n) is 10.3. The molecule has 0 aliphatic rings. The summed E-state index contributed by atoms with van der Waals surface area (Å²) in [5, 5.41) is 16.8. The highest BCUT2D eigenvalue weighted by Crippen LogP contribution is 2.46. The van der Waals surface area contributed by atoms with Gasteiger partial charge in [-0.05, 0) is 69.9 Å². The Morgan fingerprint density at radius 1 is 1.14 bits per heavy atom. The average molecular weight is 632 g/mol. The van der Waals surface area contributed by atoms with Crippen molar-refractivity contribution < 1.29 is 37.4 Å². The van der Waals surface area contributed by atoms with Crippen molar-refractivity contribution in [2.24, 2.45) is 5.73 Å². The maximum Gasteiger partial charge on any atom is 0.459 e. The van der Waals surface area contributed by atoms with Crippen LogP contribution in [0.25, 0.3) is 5.52 Å². The molecular weight excluding hydrogens is 593 g/mol. The number of nitrogen functional groups attached to an aromatic ring is 1. The molecule has 238 valence electrons. The summed E-state index contributed by atoms with van der Waals surface area (Å²) in [6, 6.07) is 9.99. The van der Waals surface area contributed by atoms with Gasteiger partial charge in [0, 0.05) is 12.8 Å². The Bertz CT molecular complexity index is 1520. The molecule has 5 N–H and O–H groups in total. The number of ether oxygens (including phenoxy) is 3. The quantitative estimate of drug-likeness (QED) is 0.153. The number of carbonyl (C=O) groups is 2. The fraction of sp³-hybridized carbons (Fsp3) is 0.464. The number of nitrogens with one attached hydrogen (secondary N) is 1. The second kappa shape index (κ2) is 15.1. The van der Waals surface area contributed by atoms with Gasteiger partial charge >= 0.3 is 19.7 Å². The number of aryl methyl sites for hydroxylation is 1. The molecule has 0 aliphatic heterocycles. The van der Waals surface area contributed by atoms with Gasteiger partial charge in [0.2, 0.25) is 0 Å². The lowest BCUT2D eigenvalue weighted by Gasteiger charge is -2.28. The molecule has 0 bridgehead atoms. The molecule has 4 atom stereocenters. The zero-order valence-electron chi connectivity index (χ0n) is 25.3. The first-order valence-corrected chi connectivity index (χ1v) is 15.3. The smallest absolute Gasteiger partial charge is 0.459 e. The first kappa shape index (κ1) is 34.4. The molecule has 0 radical (unpaired) electrons. The molecule has 2 heterocycles. The van der Waals surface area contributed by atoms with E-state index in [-0.39, 0.29) is 24.7 Å². The van der Waals surface area contributed by atoms with Gasteiger partial charge in [-0.25, -0.2) is 14.1 Å². The number of aromatic nitrogens is 3. The Balaban J connectivity index is 1.76. The van der Waals surface area contributed by atoms with Crippen molar-refractivity contribution in [1.29, 1.82) is 5.26 Å². The fourth-order valence-electron chi connectivity index (χ4n) is 4.12. The van der Waals surface area contributed by atoms with E-state index in [1.807, 2.05) is 0 Å². The third-order valence-electron chi connectivity index (χ3n) is 6.57. The Morgan fingerprint density at radius 2 is 1.84 bits per heavy atom. The second-order valence-corrected chi connectivity index (χ2v) is 11.9. The van der Waals surface area contributed by atoms with Gasteiger partial charge in [-0.15, -0.1) is 0 Å². The van der Waals surface area contributed by atoms with E-state index in [1.54, 1.807) is 42.6 Å². The van der Waals surface area contributed by atoms with Gasteiger partial charge in [-0.1, -0.05) is 12.1 Å². The van der Waals surface area contributed by atoms with Crippen molar-refractivity contribution in [2.45, 2.75) is 63.8 Å². The Morgan fingerprint density at radius 3 is 2.45 bits per heavy atom. The van der Waals surface area contributed by atoms with Gasteiger partial charge < -0.3 is 30.2 Å². The van der Waals surface area contributed by atoms with E-state index in [9.17, 15) is 19.4 Å². The van der Waals surface area contributed by atoms with Gasteiger partial charge in [0.05, 0.1) is 13.2 Å². The summed E-state index contributed by atoms with van der Waals surface area (Å²) in [7, 11) is -1.80. The summed E-state index contributed by atoms with van der Waals surface area (Å²) in [5.41, 5.74) is 12.4. The van der Waals surface area contributed by atoms with E-state index >= 15 is 0 Å². The van der Waals surface area contributed by atoms with Crippen molar-refractivity contribution >= 4 is 31.0 Å². The van der Waals surface area contributed by atoms with Crippen LogP contribution in [-0.4, -0.2) is 71.2 Å². The molecule has 15 nitrogen and oxygen atoms in total. The predicted octanol–water partition coefficient (Wildman–Crippen LogP) is 2.33. The minimum atomic E-state index is -4.31. The third-order valence-corrected chi connectivity index (χ3v) is 8.20. The van der Waals surface area contributed by atoms with Crippen LogP contribution >= 0.6 is 7.75 Å². The monoisotopic (exact) mass is 631 g/mol. The average Bonchev–Trinajstić information content (AvgIpc) is 3.42. The molecule has 0 amide bonds. The minimum Gasteiger partial charge on any atom is -0.468 e. The van der Waals surface area contributed by atoms with E-state index in [0.29, 0.717) is 23.3 Å². The third kappa shape index (κ3) is 8.98. The highest BCUT2D eigenvalue weighted by atomic mass is 31.2. The Labute approximate surface area is 255 Å². The molecule has 16 heteroatoms. The largest absolute Gasteiger partial charge is 0.468 e. The standard InChI is InChI=1S/C28H38N7O8P/c1-18(2)42-27(37)23(30)14-20-6-9-22(10-7-20)43-44(38,34-19(3)26(36)39-4)41-16-28(15-29,40-5)13-12-21-8-11-24-25(31)32-17-33-35(21)24/h6-11,17-19,23H,12-14,16,30H2,1-5H3,(H,34,38)(H2,31,32,33)/t19-,23-,28+,44?/m0/s1. The van der Waals surface area contributed by atoms with Crippen LogP contribution in [0.15, 0.2) is 42.7 Å². The van der Waals surface area contributed by atoms with Crippen molar-refractivity contribution in [3.63, 3.8) is 0 Å². The van der Waals surface area contributed by atoms with E-state index in [4.69, 9.17) is 34.7 Å². The lowest BCUT2D eigenvalue weighted by Crippen LogP contribution is -2.39. The minimum absolute atomic E-state index is 0.122. The maximum atomic E-state index is 13.9. The summed E-state index contributed by atoms with van der Waals surface area (Å²) < 4.78 is 42.4. The Kier molecular flexibility index (Phi) is 11.8. The number of nitrogens with zero attached hydrogens (tertiary/aromatic N) is 4. The highest BCUT2D eigenvalue weighted by molar-refractivity contribution is 7.52. The highest BCUT2D eigenvalue weighted by Gasteiger charge is 2.38. The number of nitriles is 1. The van der Waals surface area contributed by atoms with Crippen LogP contribution in [-0.2, 0) is 45.7 Å². The number of nitrogens with two attached hydrogens (primary N) is 2. The molecule has 1 aromatic carbocycles. The number of hydrogen-bond donors (Lipinski definition) is 3. The number of fused-ring (bicyclic) bond motifs is 1. The zero-order valence-corrected chi connectivity index (χ0v) is 26.2. The lowest BCUT2D eigenvalue weighted by molar-refractivity contribution is -0.149. The van der Waals surface area contributed by atoms with Crippen LogP contribution < -0.4 is 21.1 Å².